The minimum absolute atomic E-state index is 0.0145. The van der Waals surface area contributed by atoms with Gasteiger partial charge in [-0.15, -0.1) is 0 Å². The molecule has 1 heterocycles. The molecular formula is C12H25N3O2. The van der Waals surface area contributed by atoms with Crippen LogP contribution in [0.2, 0.25) is 0 Å². The number of nitrogens with one attached hydrogen (secondary N) is 2. The monoisotopic (exact) mass is 243 g/mol. The molecule has 0 aromatic heterocycles. The molecule has 0 aliphatic carbocycles. The van der Waals surface area contributed by atoms with Crippen LogP contribution in [0.25, 0.3) is 0 Å². The molecule has 1 saturated heterocycles. The van der Waals surface area contributed by atoms with Crippen molar-refractivity contribution in [2.45, 2.75) is 26.2 Å². The number of carbonyl (C=O) groups is 1. The molecule has 0 unspecified atom stereocenters. The van der Waals surface area contributed by atoms with Gasteiger partial charge in [-0.25, -0.2) is 4.79 Å². The van der Waals surface area contributed by atoms with Crippen LogP contribution in [-0.4, -0.2) is 55.4 Å². The van der Waals surface area contributed by atoms with Gasteiger partial charge in [0.1, 0.15) is 0 Å². The lowest BCUT2D eigenvalue weighted by Gasteiger charge is -2.30. The molecule has 5 nitrogen and oxygen atoms in total. The van der Waals surface area contributed by atoms with Crippen molar-refractivity contribution in [3.8, 4) is 0 Å². The lowest BCUT2D eigenvalue weighted by atomic mass is 9.99. The second-order valence-corrected chi connectivity index (χ2v) is 4.78. The third-order valence-corrected chi connectivity index (χ3v) is 3.21. The number of piperidine rings is 1. The molecule has 100 valence electrons. The van der Waals surface area contributed by atoms with Gasteiger partial charge >= 0.3 is 6.03 Å². The summed E-state index contributed by atoms with van der Waals surface area (Å²) in [5, 5.41) is 13.9. The molecule has 2 amide bonds. The molecule has 1 aliphatic heterocycles. The Bertz CT molecular complexity index is 216. The summed E-state index contributed by atoms with van der Waals surface area (Å²) in [6.07, 6.45) is 3.58. The molecule has 0 bridgehead atoms. The molecule has 1 rings (SSSR count). The SMILES string of the molecule is CC1CCN(CCCNC(=O)NCCO)CC1. The van der Waals surface area contributed by atoms with E-state index in [4.69, 9.17) is 5.11 Å². The smallest absolute Gasteiger partial charge is 0.314 e. The molecule has 5 heteroatoms. The maximum Gasteiger partial charge on any atom is 0.314 e. The Hall–Kier alpha value is -0.810. The van der Waals surface area contributed by atoms with Crippen LogP contribution in [-0.2, 0) is 0 Å². The van der Waals surface area contributed by atoms with E-state index < -0.39 is 0 Å². The van der Waals surface area contributed by atoms with Crippen molar-refractivity contribution in [1.29, 1.82) is 0 Å². The van der Waals surface area contributed by atoms with Gasteiger partial charge in [-0.2, -0.15) is 0 Å². The van der Waals surface area contributed by atoms with Crippen LogP contribution < -0.4 is 10.6 Å². The van der Waals surface area contributed by atoms with E-state index in [1.807, 2.05) is 0 Å². The summed E-state index contributed by atoms with van der Waals surface area (Å²) < 4.78 is 0. The summed E-state index contributed by atoms with van der Waals surface area (Å²) >= 11 is 0. The highest BCUT2D eigenvalue weighted by molar-refractivity contribution is 5.73. The van der Waals surface area contributed by atoms with E-state index in [1.165, 1.54) is 25.9 Å². The minimum Gasteiger partial charge on any atom is -0.395 e. The summed E-state index contributed by atoms with van der Waals surface area (Å²) in [5.74, 6) is 0.869. The fourth-order valence-corrected chi connectivity index (χ4v) is 2.02. The summed E-state index contributed by atoms with van der Waals surface area (Å²) in [5.41, 5.74) is 0. The number of hydrogen-bond donors (Lipinski definition) is 3. The molecule has 0 atom stereocenters. The van der Waals surface area contributed by atoms with Crippen molar-refractivity contribution in [1.82, 2.24) is 15.5 Å². The number of carbonyl (C=O) groups excluding carboxylic acids is 1. The lowest BCUT2D eigenvalue weighted by Crippen LogP contribution is -2.39. The van der Waals surface area contributed by atoms with Crippen LogP contribution >= 0.6 is 0 Å². The molecule has 0 radical (unpaired) electrons. The number of likely N-dealkylation sites (tertiary alicyclic amines) is 1. The fourth-order valence-electron chi connectivity index (χ4n) is 2.02. The van der Waals surface area contributed by atoms with Crippen LogP contribution in [0, 0.1) is 5.92 Å². The predicted molar refractivity (Wildman–Crippen MR) is 67.9 cm³/mol. The van der Waals surface area contributed by atoms with Crippen molar-refractivity contribution in [3.05, 3.63) is 0 Å². The first-order valence-corrected chi connectivity index (χ1v) is 6.57. The second-order valence-electron chi connectivity index (χ2n) is 4.78. The van der Waals surface area contributed by atoms with Crippen LogP contribution in [0.5, 0.6) is 0 Å². The second kappa shape index (κ2) is 8.31. The predicted octanol–water partition coefficient (Wildman–Crippen LogP) is 0.400. The highest BCUT2D eigenvalue weighted by atomic mass is 16.3. The van der Waals surface area contributed by atoms with Crippen LogP contribution in [0.1, 0.15) is 26.2 Å². The summed E-state index contributed by atoms with van der Waals surface area (Å²) in [7, 11) is 0. The zero-order valence-corrected chi connectivity index (χ0v) is 10.7. The van der Waals surface area contributed by atoms with Crippen LogP contribution in [0.4, 0.5) is 4.79 Å². The first-order chi connectivity index (χ1) is 8.22. The van der Waals surface area contributed by atoms with Crippen molar-refractivity contribution in [2.24, 2.45) is 5.92 Å². The van der Waals surface area contributed by atoms with Gasteiger partial charge in [-0.3, -0.25) is 0 Å². The van der Waals surface area contributed by atoms with Gasteiger partial charge < -0.3 is 20.6 Å². The molecule has 0 spiro atoms. The van der Waals surface area contributed by atoms with E-state index in [9.17, 15) is 4.79 Å². The average molecular weight is 243 g/mol. The highest BCUT2D eigenvalue weighted by Crippen LogP contribution is 2.15. The number of aliphatic hydroxyl groups is 1. The number of urea groups is 1. The molecule has 0 saturated carbocycles. The Balaban J connectivity index is 1.95. The van der Waals surface area contributed by atoms with Gasteiger partial charge in [0.05, 0.1) is 6.61 Å². The lowest BCUT2D eigenvalue weighted by molar-refractivity contribution is 0.190. The van der Waals surface area contributed by atoms with Crippen molar-refractivity contribution >= 4 is 6.03 Å². The minimum atomic E-state index is -0.189. The van der Waals surface area contributed by atoms with Gasteiger partial charge in [0.25, 0.3) is 0 Å². The standard InChI is InChI=1S/C12H25N3O2/c1-11-3-8-15(9-4-11)7-2-5-13-12(17)14-6-10-16/h11,16H,2-10H2,1H3,(H2,13,14,17). The third kappa shape index (κ3) is 6.48. The van der Waals surface area contributed by atoms with E-state index in [0.29, 0.717) is 13.1 Å². The number of amides is 2. The maximum atomic E-state index is 11.1. The number of nitrogens with zero attached hydrogens (tertiary/aromatic N) is 1. The Morgan fingerprint density at radius 1 is 1.29 bits per heavy atom. The van der Waals surface area contributed by atoms with Crippen molar-refractivity contribution in [2.75, 3.05) is 39.3 Å². The van der Waals surface area contributed by atoms with Gasteiger partial charge in [0.2, 0.25) is 0 Å². The first-order valence-electron chi connectivity index (χ1n) is 6.57. The van der Waals surface area contributed by atoms with Crippen LogP contribution in [0.3, 0.4) is 0 Å². The molecular weight excluding hydrogens is 218 g/mol. The molecule has 1 fully saturated rings. The zero-order valence-electron chi connectivity index (χ0n) is 10.7. The molecule has 1 aliphatic rings. The normalized spacial score (nSPS) is 18.0. The Kier molecular flexibility index (Phi) is 6.96. The molecule has 0 aromatic rings. The summed E-state index contributed by atoms with van der Waals surface area (Å²) in [6.45, 7) is 6.76. The van der Waals surface area contributed by atoms with Gasteiger partial charge in [0, 0.05) is 13.1 Å². The zero-order chi connectivity index (χ0) is 12.5. The Morgan fingerprint density at radius 2 is 1.94 bits per heavy atom. The van der Waals surface area contributed by atoms with Crippen LogP contribution in [0.15, 0.2) is 0 Å². The van der Waals surface area contributed by atoms with Gasteiger partial charge in [-0.1, -0.05) is 6.92 Å². The molecule has 3 N–H and O–H groups in total. The van der Waals surface area contributed by atoms with Crippen molar-refractivity contribution < 1.29 is 9.90 Å². The quantitative estimate of drug-likeness (QED) is 0.592. The van der Waals surface area contributed by atoms with E-state index in [2.05, 4.69) is 22.5 Å². The molecule has 0 aromatic carbocycles. The van der Waals surface area contributed by atoms with E-state index in [1.54, 1.807) is 0 Å². The Labute approximate surface area is 104 Å². The summed E-state index contributed by atoms with van der Waals surface area (Å²) in [6, 6.07) is -0.189. The van der Waals surface area contributed by atoms with E-state index in [0.717, 1.165) is 18.9 Å². The number of rotatable bonds is 6. The topological polar surface area (TPSA) is 64.6 Å². The number of aliphatic hydroxyl groups excluding tert-OH is 1. The van der Waals surface area contributed by atoms with Crippen molar-refractivity contribution in [3.63, 3.8) is 0 Å². The molecule has 17 heavy (non-hydrogen) atoms. The van der Waals surface area contributed by atoms with Gasteiger partial charge in [0.15, 0.2) is 0 Å². The van der Waals surface area contributed by atoms with E-state index in [-0.39, 0.29) is 12.6 Å². The Morgan fingerprint density at radius 3 is 2.59 bits per heavy atom. The maximum absolute atomic E-state index is 11.1. The largest absolute Gasteiger partial charge is 0.395 e. The average Bonchev–Trinajstić information content (AvgIpc) is 2.34. The van der Waals surface area contributed by atoms with Gasteiger partial charge in [-0.05, 0) is 44.8 Å². The highest BCUT2D eigenvalue weighted by Gasteiger charge is 2.14. The van der Waals surface area contributed by atoms with E-state index >= 15 is 0 Å². The summed E-state index contributed by atoms with van der Waals surface area (Å²) in [4.78, 5) is 13.6. The number of hydrogen-bond acceptors (Lipinski definition) is 3. The third-order valence-electron chi connectivity index (χ3n) is 3.21. The fraction of sp³-hybridized carbons (Fsp3) is 0.917. The first kappa shape index (κ1) is 14.3.